The van der Waals surface area contributed by atoms with Crippen LogP contribution < -0.4 is 5.69 Å². The molecule has 0 amide bonds. The number of Topliss-reactive ketones (excluding diaryl/α,β-unsaturated/α-hetero) is 1. The number of aromatic nitrogens is 2. The quantitative estimate of drug-likeness (QED) is 0.467. The molecule has 1 aromatic heterocycles. The van der Waals surface area contributed by atoms with Crippen LogP contribution in [0.3, 0.4) is 0 Å². The summed E-state index contributed by atoms with van der Waals surface area (Å²) in [6.45, 7) is -0.362. The van der Waals surface area contributed by atoms with Crippen LogP contribution in [0.1, 0.15) is 15.9 Å². The van der Waals surface area contributed by atoms with Gasteiger partial charge in [-0.1, -0.05) is 12.1 Å². The van der Waals surface area contributed by atoms with Gasteiger partial charge in [0, 0.05) is 5.56 Å². The molecule has 0 saturated carbocycles. The monoisotopic (exact) mass is 284 g/mol. The first-order valence-electron chi connectivity index (χ1n) is 5.75. The average Bonchev–Trinajstić information content (AvgIpc) is 2.49. The van der Waals surface area contributed by atoms with Crippen LogP contribution >= 0.6 is 0 Å². The molecule has 8 heteroatoms. The highest BCUT2D eigenvalue weighted by Crippen LogP contribution is 2.08. The van der Waals surface area contributed by atoms with E-state index in [2.05, 4.69) is 4.98 Å². The van der Waals surface area contributed by atoms with Crippen LogP contribution in [0.15, 0.2) is 41.5 Å². The van der Waals surface area contributed by atoms with E-state index in [1.807, 2.05) is 6.07 Å². The molecule has 2 aromatic rings. The summed E-state index contributed by atoms with van der Waals surface area (Å²) in [4.78, 5) is 36.8. The number of benzene rings is 1. The van der Waals surface area contributed by atoms with E-state index in [4.69, 9.17) is 5.26 Å². The highest BCUT2D eigenvalue weighted by molar-refractivity contribution is 5.95. The van der Waals surface area contributed by atoms with E-state index in [1.54, 1.807) is 0 Å². The summed E-state index contributed by atoms with van der Waals surface area (Å²) in [6, 6.07) is 7.78. The third-order valence-corrected chi connectivity index (χ3v) is 2.70. The molecule has 1 aromatic carbocycles. The highest BCUT2D eigenvalue weighted by Gasteiger charge is 2.13. The van der Waals surface area contributed by atoms with Crippen LogP contribution in [0.25, 0.3) is 0 Å². The van der Waals surface area contributed by atoms with Gasteiger partial charge in [-0.3, -0.25) is 19.5 Å². The standard InChI is InChI=1S/C13H8N4O4/c14-5-9-1-3-10(4-2-9)12(18)8-16-7-11(17(20)21)6-15-13(16)19/h1-4,6-7H,8H2. The summed E-state index contributed by atoms with van der Waals surface area (Å²) in [6.07, 6.45) is 1.81. The molecule has 21 heavy (non-hydrogen) atoms. The van der Waals surface area contributed by atoms with E-state index < -0.39 is 16.4 Å². The van der Waals surface area contributed by atoms with Gasteiger partial charge in [-0.05, 0) is 12.1 Å². The van der Waals surface area contributed by atoms with Gasteiger partial charge in [0.05, 0.1) is 29.3 Å². The molecule has 104 valence electrons. The number of carbonyl (C=O) groups excluding carboxylic acids is 1. The molecular formula is C13H8N4O4. The Morgan fingerprint density at radius 3 is 2.62 bits per heavy atom. The number of hydrogen-bond donors (Lipinski definition) is 0. The maximum absolute atomic E-state index is 12.0. The normalized spacial score (nSPS) is 9.86. The minimum absolute atomic E-state index is 0.299. The van der Waals surface area contributed by atoms with E-state index in [-0.39, 0.29) is 12.2 Å². The van der Waals surface area contributed by atoms with Crippen molar-refractivity contribution in [3.8, 4) is 6.07 Å². The van der Waals surface area contributed by atoms with E-state index in [1.165, 1.54) is 24.3 Å². The number of rotatable bonds is 4. The van der Waals surface area contributed by atoms with E-state index in [0.29, 0.717) is 11.1 Å². The highest BCUT2D eigenvalue weighted by atomic mass is 16.6. The summed E-state index contributed by atoms with van der Waals surface area (Å²) >= 11 is 0. The van der Waals surface area contributed by atoms with Crippen molar-refractivity contribution in [1.29, 1.82) is 5.26 Å². The summed E-state index contributed by atoms with van der Waals surface area (Å²) in [5.74, 6) is -0.413. The fourth-order valence-corrected chi connectivity index (χ4v) is 1.63. The number of carbonyl (C=O) groups is 1. The Bertz CT molecular complexity index is 802. The lowest BCUT2D eigenvalue weighted by atomic mass is 10.1. The topological polar surface area (TPSA) is 119 Å². The minimum atomic E-state index is -0.748. The van der Waals surface area contributed by atoms with Crippen molar-refractivity contribution in [2.75, 3.05) is 0 Å². The number of nitro groups is 1. The molecule has 0 radical (unpaired) electrons. The predicted molar refractivity (Wildman–Crippen MR) is 70.6 cm³/mol. The van der Waals surface area contributed by atoms with E-state index >= 15 is 0 Å². The van der Waals surface area contributed by atoms with Gasteiger partial charge in [0.25, 0.3) is 0 Å². The van der Waals surface area contributed by atoms with Crippen LogP contribution in [-0.2, 0) is 6.54 Å². The van der Waals surface area contributed by atoms with Crippen LogP contribution in [0.5, 0.6) is 0 Å². The Morgan fingerprint density at radius 1 is 1.38 bits per heavy atom. The zero-order chi connectivity index (χ0) is 15.4. The molecule has 0 spiro atoms. The molecular weight excluding hydrogens is 276 g/mol. The summed E-state index contributed by atoms with van der Waals surface area (Å²) in [7, 11) is 0. The average molecular weight is 284 g/mol. The molecule has 8 nitrogen and oxygen atoms in total. The second-order valence-electron chi connectivity index (χ2n) is 4.09. The van der Waals surface area contributed by atoms with Crippen LogP contribution in [0.4, 0.5) is 5.69 Å². The second-order valence-corrected chi connectivity index (χ2v) is 4.09. The van der Waals surface area contributed by atoms with Crippen molar-refractivity contribution >= 4 is 11.5 Å². The Balaban J connectivity index is 2.26. The zero-order valence-corrected chi connectivity index (χ0v) is 10.6. The molecule has 2 rings (SSSR count). The Morgan fingerprint density at radius 2 is 2.05 bits per heavy atom. The largest absolute Gasteiger partial charge is 0.348 e. The molecule has 0 aliphatic heterocycles. The van der Waals surface area contributed by atoms with Gasteiger partial charge in [0.1, 0.15) is 6.20 Å². The number of ketones is 1. The molecule has 1 heterocycles. The zero-order valence-electron chi connectivity index (χ0n) is 10.6. The first-order valence-corrected chi connectivity index (χ1v) is 5.75. The van der Waals surface area contributed by atoms with Crippen molar-refractivity contribution in [3.63, 3.8) is 0 Å². The third kappa shape index (κ3) is 3.16. The van der Waals surface area contributed by atoms with Crippen molar-refractivity contribution < 1.29 is 9.72 Å². The Hall–Kier alpha value is -3.34. The van der Waals surface area contributed by atoms with Gasteiger partial charge < -0.3 is 0 Å². The molecule has 0 saturated heterocycles. The SMILES string of the molecule is N#Cc1ccc(C(=O)Cn2cc([N+](=O)[O-])cnc2=O)cc1. The first-order chi connectivity index (χ1) is 10.0. The summed E-state index contributed by atoms with van der Waals surface area (Å²) in [5.41, 5.74) is -0.419. The smallest absolute Gasteiger partial charge is 0.292 e. The molecule has 0 fully saturated rings. The van der Waals surface area contributed by atoms with Crippen LogP contribution in [-0.4, -0.2) is 20.3 Å². The number of hydrogen-bond acceptors (Lipinski definition) is 6. The molecule has 0 unspecified atom stereocenters. The molecule has 0 aliphatic carbocycles. The van der Waals surface area contributed by atoms with E-state index in [0.717, 1.165) is 17.0 Å². The minimum Gasteiger partial charge on any atom is -0.292 e. The van der Waals surface area contributed by atoms with Gasteiger partial charge in [-0.25, -0.2) is 4.79 Å². The number of nitrogens with zero attached hydrogens (tertiary/aromatic N) is 4. The molecule has 0 aliphatic rings. The predicted octanol–water partition coefficient (Wildman–Crippen LogP) is 0.906. The van der Waals surface area contributed by atoms with Crippen molar-refractivity contribution in [2.45, 2.75) is 6.54 Å². The van der Waals surface area contributed by atoms with Gasteiger partial charge in [-0.15, -0.1) is 0 Å². The summed E-state index contributed by atoms with van der Waals surface area (Å²) < 4.78 is 0.874. The van der Waals surface area contributed by atoms with Gasteiger partial charge in [0.15, 0.2) is 5.78 Å². The molecule has 0 bridgehead atoms. The van der Waals surface area contributed by atoms with Gasteiger partial charge in [0.2, 0.25) is 0 Å². The second kappa shape index (κ2) is 5.75. The summed E-state index contributed by atoms with van der Waals surface area (Å²) in [5, 5.41) is 19.3. The Kier molecular flexibility index (Phi) is 3.85. The fraction of sp³-hybridized carbons (Fsp3) is 0.0769. The third-order valence-electron chi connectivity index (χ3n) is 2.70. The fourth-order valence-electron chi connectivity index (χ4n) is 1.63. The van der Waals surface area contributed by atoms with Crippen molar-refractivity contribution in [2.24, 2.45) is 0 Å². The maximum atomic E-state index is 12.0. The molecule has 0 atom stereocenters. The Labute approximate surface area is 118 Å². The van der Waals surface area contributed by atoms with E-state index in [9.17, 15) is 19.7 Å². The molecule has 0 N–H and O–H groups in total. The van der Waals surface area contributed by atoms with Crippen LogP contribution in [0.2, 0.25) is 0 Å². The lowest BCUT2D eigenvalue weighted by Gasteiger charge is -2.04. The first kappa shape index (κ1) is 14.1. The van der Waals surface area contributed by atoms with Gasteiger partial charge >= 0.3 is 11.4 Å². The van der Waals surface area contributed by atoms with Crippen LogP contribution in [0, 0.1) is 21.4 Å². The van der Waals surface area contributed by atoms with Gasteiger partial charge in [-0.2, -0.15) is 10.2 Å². The maximum Gasteiger partial charge on any atom is 0.348 e. The lowest BCUT2D eigenvalue weighted by molar-refractivity contribution is -0.385. The van der Waals surface area contributed by atoms with Crippen molar-refractivity contribution in [1.82, 2.24) is 9.55 Å². The number of nitriles is 1. The lowest BCUT2D eigenvalue weighted by Crippen LogP contribution is -2.26. The van der Waals surface area contributed by atoms with Crippen molar-refractivity contribution in [3.05, 3.63) is 68.4 Å².